The Hall–Kier alpha value is -2.51. The average molecular weight is 501 g/mol. The molecule has 0 radical (unpaired) electrons. The summed E-state index contributed by atoms with van der Waals surface area (Å²) in [6.45, 7) is 6.05. The number of hydrogen-bond donors (Lipinski definition) is 0. The number of carbonyl (C=O) groups excluding carboxylic acids is 2. The maximum Gasteiger partial charge on any atom is 0.327 e. The molecule has 180 valence electrons. The van der Waals surface area contributed by atoms with Gasteiger partial charge in [0.1, 0.15) is 11.4 Å². The first-order valence-corrected chi connectivity index (χ1v) is 12.7. The van der Waals surface area contributed by atoms with Crippen LogP contribution in [0.15, 0.2) is 47.6 Å². The van der Waals surface area contributed by atoms with E-state index in [4.69, 9.17) is 21.1 Å². The van der Waals surface area contributed by atoms with Crippen molar-refractivity contribution in [3.05, 3.63) is 53.1 Å². The number of imidazole rings is 1. The van der Waals surface area contributed by atoms with E-state index in [1.54, 1.807) is 13.2 Å². The average Bonchev–Trinajstić information content (AvgIpc) is 3.17. The van der Waals surface area contributed by atoms with Crippen molar-refractivity contribution >= 4 is 46.1 Å². The minimum Gasteiger partial charge on any atom is -0.497 e. The van der Waals surface area contributed by atoms with Gasteiger partial charge in [-0.2, -0.15) is 0 Å². The van der Waals surface area contributed by atoms with Crippen LogP contribution in [0.1, 0.15) is 51.6 Å². The monoisotopic (exact) mass is 500 g/mol. The van der Waals surface area contributed by atoms with Crippen LogP contribution in [0.3, 0.4) is 0 Å². The fourth-order valence-electron chi connectivity index (χ4n) is 4.37. The lowest BCUT2D eigenvalue weighted by molar-refractivity contribution is -0.170. The van der Waals surface area contributed by atoms with Crippen molar-refractivity contribution in [3.8, 4) is 5.75 Å². The Kier molecular flexibility index (Phi) is 7.24. The van der Waals surface area contributed by atoms with Crippen molar-refractivity contribution in [2.45, 2.75) is 68.5 Å². The van der Waals surface area contributed by atoms with Gasteiger partial charge in [0.25, 0.3) is 0 Å². The maximum atomic E-state index is 13.2. The molecule has 0 saturated carbocycles. The van der Waals surface area contributed by atoms with Crippen LogP contribution in [-0.4, -0.2) is 39.3 Å². The van der Waals surface area contributed by atoms with Gasteiger partial charge in [-0.3, -0.25) is 9.59 Å². The number of esters is 1. The Bertz CT molecular complexity index is 1190. The highest BCUT2D eigenvalue weighted by molar-refractivity contribution is 8.01. The van der Waals surface area contributed by atoms with Crippen molar-refractivity contribution in [1.82, 2.24) is 9.55 Å². The number of halogens is 1. The van der Waals surface area contributed by atoms with Gasteiger partial charge in [-0.1, -0.05) is 42.4 Å². The summed E-state index contributed by atoms with van der Waals surface area (Å²) in [7, 11) is 1.63. The van der Waals surface area contributed by atoms with Gasteiger partial charge in [-0.25, -0.2) is 4.98 Å². The minimum atomic E-state index is -0.926. The third kappa shape index (κ3) is 4.96. The molecule has 4 rings (SSSR count). The lowest BCUT2D eigenvalue weighted by Crippen LogP contribution is -2.49. The largest absolute Gasteiger partial charge is 0.497 e. The van der Waals surface area contributed by atoms with Crippen molar-refractivity contribution in [1.29, 1.82) is 0 Å². The van der Waals surface area contributed by atoms with Gasteiger partial charge in [0.15, 0.2) is 16.2 Å². The van der Waals surface area contributed by atoms with Gasteiger partial charge < -0.3 is 14.0 Å². The topological polar surface area (TPSA) is 70.4 Å². The summed E-state index contributed by atoms with van der Waals surface area (Å²) in [6.07, 6.45) is 2.09. The number of hydrogen-bond acceptors (Lipinski definition) is 6. The number of carbonyl (C=O) groups is 2. The fourth-order valence-corrected chi connectivity index (χ4v) is 5.68. The molecule has 1 saturated heterocycles. The third-order valence-electron chi connectivity index (χ3n) is 6.35. The van der Waals surface area contributed by atoms with E-state index in [0.29, 0.717) is 29.4 Å². The number of nitrogens with zero attached hydrogens (tertiary/aromatic N) is 2. The summed E-state index contributed by atoms with van der Waals surface area (Å²) >= 11 is 7.31. The van der Waals surface area contributed by atoms with E-state index < -0.39 is 16.8 Å². The van der Waals surface area contributed by atoms with Gasteiger partial charge in [-0.05, 0) is 69.0 Å². The van der Waals surface area contributed by atoms with Crippen molar-refractivity contribution in [2.75, 3.05) is 7.11 Å². The number of ketones is 1. The molecule has 2 atom stereocenters. The number of benzene rings is 2. The standard InChI is InChI=1S/C26H29ClN2O4S/c1-5-26(13-12-17-6-9-19(32-4)10-7-17)15-22(30)23(24(31)33-26)34-25-28-20-14-18(27)8-11-21(20)29(25)16(2)3/h6-11,14,16,23H,5,12-13,15H2,1-4H3. The number of aromatic nitrogens is 2. The number of Topliss-reactive ketones (excluding diaryl/α,β-unsaturated/α-hetero) is 1. The van der Waals surface area contributed by atoms with E-state index >= 15 is 0 Å². The maximum absolute atomic E-state index is 13.2. The van der Waals surface area contributed by atoms with Crippen LogP contribution in [0, 0.1) is 0 Å². The lowest BCUT2D eigenvalue weighted by atomic mass is 9.84. The van der Waals surface area contributed by atoms with Crippen molar-refractivity contribution in [3.63, 3.8) is 0 Å². The molecule has 0 N–H and O–H groups in total. The smallest absolute Gasteiger partial charge is 0.327 e. The molecule has 34 heavy (non-hydrogen) atoms. The van der Waals surface area contributed by atoms with E-state index in [1.165, 1.54) is 11.8 Å². The molecule has 0 amide bonds. The summed E-state index contributed by atoms with van der Waals surface area (Å²) in [5.74, 6) is 0.194. The first kappa shape index (κ1) is 24.6. The second kappa shape index (κ2) is 10.0. The molecule has 1 fully saturated rings. The van der Waals surface area contributed by atoms with E-state index in [0.717, 1.165) is 22.3 Å². The Morgan fingerprint density at radius 2 is 1.97 bits per heavy atom. The normalized spacial score (nSPS) is 20.7. The van der Waals surface area contributed by atoms with Gasteiger partial charge >= 0.3 is 5.97 Å². The SMILES string of the molecule is CCC1(CCc2ccc(OC)cc2)CC(=O)C(Sc2nc3cc(Cl)ccc3n2C(C)C)C(=O)O1. The van der Waals surface area contributed by atoms with E-state index in [1.807, 2.05) is 61.7 Å². The quantitative estimate of drug-likeness (QED) is 0.277. The number of fused-ring (bicyclic) bond motifs is 1. The van der Waals surface area contributed by atoms with Crippen molar-refractivity contribution < 1.29 is 19.1 Å². The first-order chi connectivity index (χ1) is 16.2. The number of cyclic esters (lactones) is 1. The molecular weight excluding hydrogens is 472 g/mol. The number of thioether (sulfide) groups is 1. The number of aryl methyl sites for hydroxylation is 1. The van der Waals surface area contributed by atoms with Crippen LogP contribution in [-0.2, 0) is 20.7 Å². The Labute approximate surface area is 209 Å². The Morgan fingerprint density at radius 3 is 2.59 bits per heavy atom. The predicted octanol–water partition coefficient (Wildman–Crippen LogP) is 6.04. The van der Waals surface area contributed by atoms with E-state index in [2.05, 4.69) is 4.98 Å². The van der Waals surface area contributed by atoms with Gasteiger partial charge in [0.05, 0.1) is 18.1 Å². The van der Waals surface area contributed by atoms with E-state index in [-0.39, 0.29) is 18.2 Å². The zero-order valence-electron chi connectivity index (χ0n) is 19.8. The molecule has 1 aromatic heterocycles. The third-order valence-corrected chi connectivity index (χ3v) is 7.78. The zero-order chi connectivity index (χ0) is 24.5. The van der Waals surface area contributed by atoms with Crippen LogP contribution in [0.5, 0.6) is 5.75 Å². The minimum absolute atomic E-state index is 0.0996. The van der Waals surface area contributed by atoms with E-state index in [9.17, 15) is 9.59 Å². The lowest BCUT2D eigenvalue weighted by Gasteiger charge is -2.38. The van der Waals surface area contributed by atoms with Crippen LogP contribution >= 0.6 is 23.4 Å². The van der Waals surface area contributed by atoms with Crippen LogP contribution in [0.2, 0.25) is 5.02 Å². The summed E-state index contributed by atoms with van der Waals surface area (Å²) < 4.78 is 13.2. The molecule has 6 nitrogen and oxygen atoms in total. The highest BCUT2D eigenvalue weighted by Gasteiger charge is 2.46. The first-order valence-electron chi connectivity index (χ1n) is 11.5. The summed E-state index contributed by atoms with van der Waals surface area (Å²) in [6, 6.07) is 13.4. The molecule has 2 aromatic carbocycles. The second-order valence-corrected chi connectivity index (χ2v) is 10.4. The highest BCUT2D eigenvalue weighted by atomic mass is 35.5. The van der Waals surface area contributed by atoms with Crippen molar-refractivity contribution in [2.24, 2.45) is 0 Å². The summed E-state index contributed by atoms with van der Waals surface area (Å²) in [4.78, 5) is 31.0. The molecular formula is C26H29ClN2O4S. The Morgan fingerprint density at radius 1 is 1.24 bits per heavy atom. The molecule has 3 aromatic rings. The molecule has 0 spiro atoms. The molecule has 8 heteroatoms. The van der Waals surface area contributed by atoms with Gasteiger partial charge in [-0.15, -0.1) is 0 Å². The molecule has 0 aliphatic carbocycles. The summed E-state index contributed by atoms with van der Waals surface area (Å²) in [5, 5.41) is 0.283. The number of rotatable bonds is 8. The van der Waals surface area contributed by atoms with Gasteiger partial charge in [0, 0.05) is 17.5 Å². The van der Waals surface area contributed by atoms with Crippen LogP contribution in [0.4, 0.5) is 0 Å². The molecule has 2 heterocycles. The molecule has 1 aliphatic rings. The highest BCUT2D eigenvalue weighted by Crippen LogP contribution is 2.39. The summed E-state index contributed by atoms with van der Waals surface area (Å²) in [5.41, 5.74) is 1.98. The number of methoxy groups -OCH3 is 1. The molecule has 2 unspecified atom stereocenters. The van der Waals surface area contributed by atoms with Gasteiger partial charge in [0.2, 0.25) is 0 Å². The fraction of sp³-hybridized carbons (Fsp3) is 0.423. The Balaban J connectivity index is 1.51. The predicted molar refractivity (Wildman–Crippen MR) is 135 cm³/mol. The number of ether oxygens (including phenoxy) is 2. The molecule has 0 bridgehead atoms. The zero-order valence-corrected chi connectivity index (χ0v) is 21.4. The second-order valence-electron chi connectivity index (χ2n) is 8.94. The van der Waals surface area contributed by atoms with Crippen LogP contribution < -0.4 is 4.74 Å². The van der Waals surface area contributed by atoms with Crippen LogP contribution in [0.25, 0.3) is 11.0 Å². The molecule has 1 aliphatic heterocycles.